The number of halogens is 3. The number of carbonyl (C=O) groups excluding carboxylic acids is 3. The Morgan fingerprint density at radius 1 is 0.895 bits per heavy atom. The third-order valence-corrected chi connectivity index (χ3v) is 5.27. The van der Waals surface area contributed by atoms with E-state index in [0.29, 0.717) is 6.07 Å². The van der Waals surface area contributed by atoms with E-state index in [9.17, 15) is 27.6 Å². The van der Waals surface area contributed by atoms with Gasteiger partial charge in [-0.3, -0.25) is 19.9 Å². The number of pyridine rings is 1. The van der Waals surface area contributed by atoms with Crippen LogP contribution in [0.3, 0.4) is 0 Å². The monoisotopic (exact) mass is 527 g/mol. The Kier molecular flexibility index (Phi) is 8.55. The lowest BCUT2D eigenvalue weighted by Crippen LogP contribution is -2.28. The summed E-state index contributed by atoms with van der Waals surface area (Å²) in [7, 11) is 0. The van der Waals surface area contributed by atoms with Crippen molar-refractivity contribution in [3.05, 3.63) is 77.6 Å². The molecule has 0 aliphatic carbocycles. The highest BCUT2D eigenvalue weighted by molar-refractivity contribution is 6.12. The molecule has 0 aliphatic heterocycles. The van der Waals surface area contributed by atoms with Crippen molar-refractivity contribution < 1.29 is 32.3 Å². The molecule has 0 bridgehead atoms. The highest BCUT2D eigenvalue weighted by atomic mass is 19.4. The van der Waals surface area contributed by atoms with E-state index in [0.717, 1.165) is 35.4 Å². The lowest BCUT2D eigenvalue weighted by molar-refractivity contribution is -0.137. The van der Waals surface area contributed by atoms with Crippen LogP contribution in [0.1, 0.15) is 55.7 Å². The molecule has 200 valence electrons. The smallest absolute Gasteiger partial charge is 0.416 e. The largest absolute Gasteiger partial charge is 0.444 e. The zero-order chi connectivity index (χ0) is 28.1. The van der Waals surface area contributed by atoms with Crippen LogP contribution < -0.4 is 10.6 Å². The molecule has 1 aromatic heterocycles. The molecule has 2 amide bonds. The van der Waals surface area contributed by atoms with Crippen LogP contribution in [0.5, 0.6) is 0 Å². The van der Waals surface area contributed by atoms with Crippen LogP contribution in [0.2, 0.25) is 0 Å². The summed E-state index contributed by atoms with van der Waals surface area (Å²) in [5.41, 5.74) is 0.451. The van der Waals surface area contributed by atoms with Gasteiger partial charge in [-0.1, -0.05) is 25.1 Å². The fraction of sp³-hybridized carbons (Fsp3) is 0.286. The van der Waals surface area contributed by atoms with Crippen molar-refractivity contribution in [3.8, 4) is 11.1 Å². The summed E-state index contributed by atoms with van der Waals surface area (Å²) in [6, 6.07) is 12.9. The van der Waals surface area contributed by atoms with Crippen molar-refractivity contribution in [2.75, 3.05) is 10.6 Å². The molecule has 10 heteroatoms. The van der Waals surface area contributed by atoms with Crippen LogP contribution in [0.15, 0.2) is 60.8 Å². The fourth-order valence-electron chi connectivity index (χ4n) is 3.51. The van der Waals surface area contributed by atoms with E-state index in [-0.39, 0.29) is 16.9 Å². The second kappa shape index (κ2) is 11.5. The van der Waals surface area contributed by atoms with Crippen LogP contribution in [0.4, 0.5) is 29.3 Å². The van der Waals surface area contributed by atoms with Crippen LogP contribution in [0.25, 0.3) is 11.1 Å². The molecule has 3 aromatic rings. The molecule has 0 saturated heterocycles. The first-order chi connectivity index (χ1) is 17.7. The first-order valence-electron chi connectivity index (χ1n) is 11.8. The summed E-state index contributed by atoms with van der Waals surface area (Å²) < 4.78 is 45.0. The number of Topliss-reactive ketones (excluding diaryl/α,β-unsaturated/α-hetero) is 1. The van der Waals surface area contributed by atoms with E-state index in [1.807, 2.05) is 25.1 Å². The van der Waals surface area contributed by atoms with Gasteiger partial charge in [0.1, 0.15) is 5.60 Å². The Balaban J connectivity index is 1.79. The van der Waals surface area contributed by atoms with Gasteiger partial charge in [0.2, 0.25) is 5.91 Å². The molecular formula is C28H28F3N3O4. The number of anilines is 2. The topological polar surface area (TPSA) is 97.4 Å². The Labute approximate surface area is 218 Å². The van der Waals surface area contributed by atoms with Crippen molar-refractivity contribution in [1.82, 2.24) is 4.98 Å². The van der Waals surface area contributed by atoms with Crippen molar-refractivity contribution in [1.29, 1.82) is 0 Å². The molecule has 1 heterocycles. The number of aryl methyl sites for hydroxylation is 1. The molecule has 2 aromatic carbocycles. The maximum atomic E-state index is 13.3. The quantitative estimate of drug-likeness (QED) is 0.258. The van der Waals surface area contributed by atoms with Gasteiger partial charge < -0.3 is 10.1 Å². The Hall–Kier alpha value is -4.21. The fourth-order valence-corrected chi connectivity index (χ4v) is 3.51. The minimum absolute atomic E-state index is 0.112. The summed E-state index contributed by atoms with van der Waals surface area (Å²) in [6.45, 7) is 6.85. The molecule has 0 saturated carbocycles. The molecule has 3 rings (SSSR count). The van der Waals surface area contributed by atoms with E-state index in [2.05, 4.69) is 15.6 Å². The van der Waals surface area contributed by atoms with Crippen molar-refractivity contribution in [2.45, 2.75) is 52.3 Å². The van der Waals surface area contributed by atoms with Crippen molar-refractivity contribution in [2.24, 2.45) is 0 Å². The molecule has 0 unspecified atom stereocenters. The minimum atomic E-state index is -4.69. The van der Waals surface area contributed by atoms with E-state index in [1.165, 1.54) is 0 Å². The third kappa shape index (κ3) is 7.89. The number of rotatable bonds is 7. The second-order valence-corrected chi connectivity index (χ2v) is 9.50. The van der Waals surface area contributed by atoms with Gasteiger partial charge in [-0.25, -0.2) is 4.79 Å². The van der Waals surface area contributed by atoms with Gasteiger partial charge >= 0.3 is 12.3 Å². The number of benzene rings is 2. The normalized spacial score (nSPS) is 11.6. The van der Waals surface area contributed by atoms with Crippen LogP contribution in [0, 0.1) is 0 Å². The average Bonchev–Trinajstić information content (AvgIpc) is 2.83. The van der Waals surface area contributed by atoms with E-state index in [1.54, 1.807) is 45.2 Å². The molecule has 0 fully saturated rings. The molecule has 7 nitrogen and oxygen atoms in total. The number of ether oxygens (including phenoxy) is 1. The number of carbonyl (C=O) groups is 3. The highest BCUT2D eigenvalue weighted by Gasteiger charge is 2.31. The number of alkyl halides is 3. The summed E-state index contributed by atoms with van der Waals surface area (Å²) in [4.78, 5) is 42.0. The first-order valence-corrected chi connectivity index (χ1v) is 11.8. The molecular weight excluding hydrogens is 499 g/mol. The van der Waals surface area contributed by atoms with E-state index < -0.39 is 41.5 Å². The van der Waals surface area contributed by atoms with Gasteiger partial charge in [-0.15, -0.1) is 0 Å². The SMILES string of the molecule is CCc1cc(-c2cccc(C(=O)CC(=O)Nc3cc(C(F)(F)F)ccc3NC(=O)OC(C)(C)C)c2)ccn1. The molecule has 38 heavy (non-hydrogen) atoms. The maximum Gasteiger partial charge on any atom is 0.416 e. The minimum Gasteiger partial charge on any atom is -0.444 e. The summed E-state index contributed by atoms with van der Waals surface area (Å²) in [5.74, 6) is -1.37. The van der Waals surface area contributed by atoms with E-state index >= 15 is 0 Å². The first kappa shape index (κ1) is 28.4. The Morgan fingerprint density at radius 2 is 1.61 bits per heavy atom. The number of amides is 2. The van der Waals surface area contributed by atoms with Crippen LogP contribution >= 0.6 is 0 Å². The average molecular weight is 528 g/mol. The predicted octanol–water partition coefficient (Wildman–Crippen LogP) is 6.89. The Bertz CT molecular complexity index is 1350. The number of aromatic nitrogens is 1. The molecule has 0 atom stereocenters. The van der Waals surface area contributed by atoms with Crippen molar-refractivity contribution in [3.63, 3.8) is 0 Å². The number of nitrogens with one attached hydrogen (secondary N) is 2. The Morgan fingerprint density at radius 3 is 2.26 bits per heavy atom. The summed E-state index contributed by atoms with van der Waals surface area (Å²) in [6.07, 6.45) is -3.81. The van der Waals surface area contributed by atoms with Gasteiger partial charge in [0.15, 0.2) is 5.78 Å². The number of hydrogen-bond donors (Lipinski definition) is 2. The van der Waals surface area contributed by atoms with Crippen molar-refractivity contribution >= 4 is 29.2 Å². The summed E-state index contributed by atoms with van der Waals surface area (Å²) in [5, 5.41) is 4.65. The van der Waals surface area contributed by atoms with E-state index in [4.69, 9.17) is 4.74 Å². The molecule has 2 N–H and O–H groups in total. The number of ketones is 1. The van der Waals surface area contributed by atoms with Gasteiger partial charge in [0, 0.05) is 17.5 Å². The van der Waals surface area contributed by atoms with Gasteiger partial charge in [0.05, 0.1) is 23.4 Å². The zero-order valence-corrected chi connectivity index (χ0v) is 21.4. The lowest BCUT2D eigenvalue weighted by Gasteiger charge is -2.21. The number of hydrogen-bond acceptors (Lipinski definition) is 5. The standard InChI is InChI=1S/C28H28F3N3O4/c1-5-21-14-18(11-12-32-21)17-7-6-8-19(13-17)24(35)16-25(36)33-23-15-20(28(29,30)31)9-10-22(23)34-26(37)38-27(2,3)4/h6-15H,5,16H2,1-4H3,(H,33,36)(H,34,37). The van der Waals surface area contributed by atoms with Crippen LogP contribution in [-0.2, 0) is 22.1 Å². The van der Waals surface area contributed by atoms with Crippen LogP contribution in [-0.4, -0.2) is 28.4 Å². The highest BCUT2D eigenvalue weighted by Crippen LogP contribution is 2.34. The maximum absolute atomic E-state index is 13.3. The molecule has 0 aliphatic rings. The van der Waals surface area contributed by atoms with Gasteiger partial charge in [0.25, 0.3) is 0 Å². The molecule has 0 spiro atoms. The zero-order valence-electron chi connectivity index (χ0n) is 21.4. The van der Waals surface area contributed by atoms with Gasteiger partial charge in [-0.05, 0) is 74.7 Å². The third-order valence-electron chi connectivity index (χ3n) is 5.27. The lowest BCUT2D eigenvalue weighted by atomic mass is 10.00. The summed E-state index contributed by atoms with van der Waals surface area (Å²) >= 11 is 0. The predicted molar refractivity (Wildman–Crippen MR) is 138 cm³/mol. The molecule has 0 radical (unpaired) electrons. The number of nitrogens with zero attached hydrogens (tertiary/aromatic N) is 1. The van der Waals surface area contributed by atoms with Gasteiger partial charge in [-0.2, -0.15) is 13.2 Å². The second-order valence-electron chi connectivity index (χ2n) is 9.50.